The number of hydrogen-bond donors (Lipinski definition) is 4. The summed E-state index contributed by atoms with van der Waals surface area (Å²) in [5, 5.41) is 54.1. The molecule has 0 aromatic heterocycles. The first-order valence-electron chi connectivity index (χ1n) is 50.0. The van der Waals surface area contributed by atoms with E-state index in [2.05, 4.69) is 31.7 Å². The van der Waals surface area contributed by atoms with Crippen LogP contribution in [0.1, 0.15) is 131 Å². The molecule has 740 valence electrons. The van der Waals surface area contributed by atoms with Crippen molar-refractivity contribution >= 4 is 98.7 Å². The number of alkyl halides is 3. The molecule has 31 heteroatoms. The molecule has 0 unspecified atom stereocenters. The summed E-state index contributed by atoms with van der Waals surface area (Å²) in [5.74, 6) is -1.79. The summed E-state index contributed by atoms with van der Waals surface area (Å²) in [4.78, 5) is 136. The average molecular weight is 1930 g/mol. The number of anilines is 8. The number of hydrogen-bond acceptors (Lipinski definition) is 23. The number of ether oxygens (including phenoxy) is 5. The molecule has 4 aliphatic carbocycles. The number of aliphatic hydroxyl groups excluding tert-OH is 4. The van der Waals surface area contributed by atoms with Crippen molar-refractivity contribution in [1.82, 2.24) is 19.6 Å². The highest BCUT2D eigenvalue weighted by atomic mass is 19.4. The van der Waals surface area contributed by atoms with Gasteiger partial charge in [0.1, 0.15) is 5.75 Å². The summed E-state index contributed by atoms with van der Waals surface area (Å²) in [6.07, 6.45) is 3.99. The van der Waals surface area contributed by atoms with E-state index >= 15 is 0 Å². The largest absolute Gasteiger partial charge is 0.497 e. The number of halogens is 3. The van der Waals surface area contributed by atoms with Crippen LogP contribution in [-0.2, 0) is 85.1 Å². The number of nitro groups is 1. The summed E-state index contributed by atoms with van der Waals surface area (Å²) >= 11 is 0. The number of esters is 4. The number of carbonyl (C=O) groups is 8. The number of nitro benzene ring substituents is 1. The van der Waals surface area contributed by atoms with Crippen molar-refractivity contribution in [1.29, 1.82) is 0 Å². The maximum Gasteiger partial charge on any atom is 0.416 e. The van der Waals surface area contributed by atoms with Crippen LogP contribution in [0.25, 0.3) is 0 Å². The first-order valence-corrected chi connectivity index (χ1v) is 50.0. The van der Waals surface area contributed by atoms with Crippen LogP contribution < -0.4 is 24.3 Å². The van der Waals surface area contributed by atoms with E-state index < -0.39 is 92.4 Å². The molecule has 24 rings (SSSR count). The number of amides is 4. The maximum atomic E-state index is 14.4. The van der Waals surface area contributed by atoms with Gasteiger partial charge < -0.3 is 44.1 Å². The third-order valence-electron chi connectivity index (χ3n) is 36.2. The summed E-state index contributed by atoms with van der Waals surface area (Å²) in [6.45, 7) is 6.51. The number of para-hydroxylation sites is 5. The van der Waals surface area contributed by atoms with Crippen LogP contribution in [0.15, 0.2) is 200 Å². The molecule has 4 spiro atoms. The van der Waals surface area contributed by atoms with Gasteiger partial charge in [0, 0.05) is 85.2 Å². The molecule has 4 amide bonds. The van der Waals surface area contributed by atoms with Crippen molar-refractivity contribution in [3.8, 4) is 5.75 Å². The molecule has 12 heterocycles. The molecule has 4 saturated carbocycles. The molecule has 16 aliphatic rings. The Morgan fingerprint density at radius 1 is 0.348 bits per heavy atom. The predicted molar refractivity (Wildman–Crippen MR) is 514 cm³/mol. The zero-order chi connectivity index (χ0) is 98.4. The van der Waals surface area contributed by atoms with Gasteiger partial charge in [-0.1, -0.05) is 91.0 Å². The number of nitrogens with zero attached hydrogens (tertiary/aromatic N) is 9. The minimum atomic E-state index is -4.46. The lowest BCUT2D eigenvalue weighted by Gasteiger charge is -2.50. The highest BCUT2D eigenvalue weighted by Crippen LogP contribution is 2.64. The summed E-state index contributed by atoms with van der Waals surface area (Å²) in [7, 11) is 7.13. The molecule has 12 fully saturated rings. The smallest absolute Gasteiger partial charge is 0.416 e. The predicted octanol–water partition coefficient (Wildman–Crippen LogP) is 14.0. The minimum Gasteiger partial charge on any atom is -0.497 e. The fourth-order valence-electron chi connectivity index (χ4n) is 29.9. The molecule has 24 atom stereocenters. The first-order chi connectivity index (χ1) is 68.1. The summed E-state index contributed by atoms with van der Waals surface area (Å²) < 4.78 is 65.2. The zero-order valence-electron chi connectivity index (χ0n) is 79.6. The molecule has 28 nitrogen and oxygen atoms in total. The molecule has 8 aromatic carbocycles. The molecule has 141 heavy (non-hydrogen) atoms. The second-order valence-corrected chi connectivity index (χ2v) is 41.8. The Morgan fingerprint density at radius 3 is 0.851 bits per heavy atom. The number of piperidine rings is 4. The average Bonchev–Trinajstić information content (AvgIpc) is 1.55. The highest BCUT2D eigenvalue weighted by Gasteiger charge is 2.70. The number of fused-ring (bicyclic) bond motifs is 20. The molecule has 12 aliphatic heterocycles. The number of benzene rings is 8. The van der Waals surface area contributed by atoms with Crippen LogP contribution >= 0.6 is 0 Å². The number of aliphatic hydroxyl groups is 4. The third-order valence-corrected chi connectivity index (χ3v) is 36.2. The van der Waals surface area contributed by atoms with E-state index in [0.717, 1.165) is 166 Å². The fourth-order valence-corrected chi connectivity index (χ4v) is 29.9. The maximum absolute atomic E-state index is 14.4. The van der Waals surface area contributed by atoms with Crippen molar-refractivity contribution in [2.75, 3.05) is 108 Å². The Kier molecular flexibility index (Phi) is 25.1. The zero-order valence-corrected chi connectivity index (χ0v) is 79.6. The van der Waals surface area contributed by atoms with Gasteiger partial charge in [-0.25, -0.2) is 0 Å². The van der Waals surface area contributed by atoms with E-state index in [1.165, 1.54) is 52.7 Å². The van der Waals surface area contributed by atoms with Crippen LogP contribution in [0.5, 0.6) is 5.75 Å². The van der Waals surface area contributed by atoms with E-state index in [9.17, 15) is 82.1 Å². The summed E-state index contributed by atoms with van der Waals surface area (Å²) in [5.41, 5.74) is 6.37. The lowest BCUT2D eigenvalue weighted by molar-refractivity contribution is -0.384. The second kappa shape index (κ2) is 37.2. The molecule has 8 aromatic rings. The van der Waals surface area contributed by atoms with Gasteiger partial charge in [-0.3, -0.25) is 87.7 Å². The van der Waals surface area contributed by atoms with Gasteiger partial charge >= 0.3 is 30.1 Å². The second-order valence-electron chi connectivity index (χ2n) is 41.8. The van der Waals surface area contributed by atoms with Crippen LogP contribution in [0.3, 0.4) is 0 Å². The van der Waals surface area contributed by atoms with E-state index in [4.69, 9.17) is 23.7 Å². The number of non-ortho nitro benzene ring substituents is 1. The summed E-state index contributed by atoms with van der Waals surface area (Å²) in [6, 6.07) is 59.6. The molecule has 8 saturated heterocycles. The molecule has 4 N–H and O–H groups in total. The van der Waals surface area contributed by atoms with Crippen molar-refractivity contribution in [3.05, 3.63) is 238 Å². The SMILES string of the molecule is COC(=O)[C@@H]1[C@H]2C[C@@H]3N(CC[C@@]34C(=O)N(c3ccc(C(F)(F)F)cc3)c3ccccc34)C[C@@H]2CC[C@@H]1O.COC(=O)[C@@H]1[C@H]2C[C@@H]3N(CC[C@@]34C(=O)N(c3ccc(OC)cc3)c3ccccc34)C[C@@H]2CC[C@@H]1O.COC(=O)[C@@H]1[C@H]2C[C@@H]3N(CC[C@@]34C(=O)N(c3ccc([N+](=O)[O-])cc3)c3ccccc34)C[C@@H]2CC[C@@H]1O.COC(=O)[C@@H]1[C@H]2C[C@@H]3N(CC[C@@]34C(=O)N(c3ccccc3)c3ccccc34)C[C@@H]2CC[C@@H]1O. The Balaban J connectivity index is 0.000000111. The van der Waals surface area contributed by atoms with Crippen molar-refractivity contribution in [2.45, 2.75) is 179 Å². The van der Waals surface area contributed by atoms with E-state index in [-0.39, 0.29) is 107 Å². The fraction of sp³-hybridized carbons (Fsp3) is 0.491. The standard InChI is InChI=1S/C28H29F3N2O4.C28H32N2O5.C27H29N3O6.C27H30N2O4/c1-37-25(35)24-19-14-23-27(12-13-32(23)15-16(19)6-11-22(24)34)20-4-2-3-5-21(20)33(26(27)36)18-9-7-17(8-10-18)28(29,30)31;1-34-19-10-8-18(9-11-19)30-22-6-4-3-5-21(22)28(27(30)33)13-14-29-16-17-7-12-23(31)25(26(32)35-2)20(17)15-24(28)29;1-36-25(32)24-19-14-23-27(12-13-28(23)15-16(19)6-11-22(24)31)20-4-2-3-5-21(20)29(26(27)33)17-7-9-18(10-8-17)30(34)35;1-33-25(31)24-19-15-23-27(13-14-28(23)16-17(19)11-12-22(24)30)20-9-5-6-10-21(20)29(26(27)32)18-7-3-2-4-8-18/h2-5,7-10,16,19,22-24,34H,6,11-15H2,1H3;3-6,8-11,17,20,23-25,31H,7,12-16H2,1-2H3;2-5,7-10,16,19,22-24,31H,6,11-15H2,1H3;2-10,17,19,22-24,30H,11-16H2,1H3/t16-,19-,22-,23-,24+,27-;17-,20-,23-,24-,25+,28-;16-,19-,22-,23-,24+,27-;17-,19-,22-,23-,24+,27-/m0000/s1. The van der Waals surface area contributed by atoms with Gasteiger partial charge in [-0.15, -0.1) is 0 Å². The van der Waals surface area contributed by atoms with Gasteiger partial charge in [0.05, 0.1) is 139 Å². The van der Waals surface area contributed by atoms with Gasteiger partial charge in [0.25, 0.3) is 5.69 Å². The number of methoxy groups -OCH3 is 5. The third kappa shape index (κ3) is 15.2. The Morgan fingerprint density at radius 2 is 0.596 bits per heavy atom. The van der Waals surface area contributed by atoms with E-state index in [1.54, 1.807) is 29.0 Å². The highest BCUT2D eigenvalue weighted by molar-refractivity contribution is 6.17. The molecule has 0 bridgehead atoms. The monoisotopic (exact) mass is 1930 g/mol. The number of carbonyl (C=O) groups excluding carboxylic acids is 8. The van der Waals surface area contributed by atoms with Gasteiger partial charge in [-0.05, 0) is 296 Å². The van der Waals surface area contributed by atoms with Crippen LogP contribution in [0.4, 0.5) is 64.4 Å². The van der Waals surface area contributed by atoms with E-state index in [0.29, 0.717) is 86.7 Å². The Bertz CT molecular complexity index is 6180. The van der Waals surface area contributed by atoms with Crippen LogP contribution in [-0.4, -0.2) is 229 Å². The Labute approximate surface area is 816 Å². The van der Waals surface area contributed by atoms with Gasteiger partial charge in [-0.2, -0.15) is 13.2 Å². The normalized spacial score (nSPS) is 33.9. The lowest BCUT2D eigenvalue weighted by atomic mass is 9.62. The van der Waals surface area contributed by atoms with E-state index in [1.807, 2.05) is 149 Å². The molecular formula is C110H120F3N9O19. The number of rotatable bonds is 10. The van der Waals surface area contributed by atoms with Crippen molar-refractivity contribution in [2.24, 2.45) is 71.0 Å². The molecule has 0 radical (unpaired) electrons. The Hall–Kier alpha value is -11.8. The lowest BCUT2D eigenvalue weighted by Crippen LogP contribution is -2.58. The topological polar surface area (TPSA) is 333 Å². The van der Waals surface area contributed by atoms with Crippen molar-refractivity contribution < 1.29 is 101 Å². The van der Waals surface area contributed by atoms with Gasteiger partial charge in [0.2, 0.25) is 23.6 Å². The first kappa shape index (κ1) is 95.4. The van der Waals surface area contributed by atoms with Crippen molar-refractivity contribution in [3.63, 3.8) is 0 Å². The minimum absolute atomic E-state index is 0.0115. The van der Waals surface area contributed by atoms with Crippen LogP contribution in [0.2, 0.25) is 0 Å². The van der Waals surface area contributed by atoms with Gasteiger partial charge in [0.15, 0.2) is 0 Å². The van der Waals surface area contributed by atoms with Crippen LogP contribution in [0, 0.1) is 81.1 Å². The quantitative estimate of drug-likeness (QED) is 0.0428. The molecular weight excluding hydrogens is 1810 g/mol.